The molecule has 0 amide bonds. The molecule has 1 aliphatic heterocycles. The summed E-state index contributed by atoms with van der Waals surface area (Å²) >= 11 is 1.19. The Kier molecular flexibility index (Phi) is 7.96. The molecule has 1 aliphatic rings. The Hall–Kier alpha value is -4.38. The van der Waals surface area contributed by atoms with E-state index in [4.69, 9.17) is 24.1 Å². The molecule has 0 unspecified atom stereocenters. The van der Waals surface area contributed by atoms with Crippen molar-refractivity contribution in [2.45, 2.75) is 19.9 Å². The average molecular weight is 539 g/mol. The molecule has 11 heteroatoms. The van der Waals surface area contributed by atoms with Gasteiger partial charge in [0.05, 0.1) is 36.6 Å². The fourth-order valence-electron chi connectivity index (χ4n) is 4.09. The van der Waals surface area contributed by atoms with Crippen molar-refractivity contribution in [3.63, 3.8) is 0 Å². The zero-order chi connectivity index (χ0) is 27.4. The number of rotatable bonds is 9. The zero-order valence-electron chi connectivity index (χ0n) is 21.2. The quantitative estimate of drug-likeness (QED) is 0.412. The fourth-order valence-corrected chi connectivity index (χ4v) is 5.13. The summed E-state index contributed by atoms with van der Waals surface area (Å²) < 4.78 is 23.3. The molecule has 2 heterocycles. The highest BCUT2D eigenvalue weighted by molar-refractivity contribution is 7.07. The average Bonchev–Trinajstić information content (AvgIpc) is 3.21. The van der Waals surface area contributed by atoms with Crippen LogP contribution in [0.1, 0.15) is 31.0 Å². The van der Waals surface area contributed by atoms with Gasteiger partial charge in [0, 0.05) is 11.6 Å². The number of aromatic nitrogens is 1. The SMILES string of the molecule is CCOC(=O)C1=C(C)N=c2s/c(=C\c3ccc(OCC(=O)O)cc3)c(=O)n2[C@@H]1c1ccc(OC)cc1OC. The third kappa shape index (κ3) is 5.32. The van der Waals surface area contributed by atoms with E-state index < -0.39 is 24.6 Å². The maximum Gasteiger partial charge on any atom is 0.341 e. The number of ether oxygens (including phenoxy) is 4. The molecule has 0 aliphatic carbocycles. The molecule has 3 aromatic rings. The van der Waals surface area contributed by atoms with Gasteiger partial charge in [0.15, 0.2) is 11.4 Å². The predicted octanol–water partition coefficient (Wildman–Crippen LogP) is 2.28. The van der Waals surface area contributed by atoms with Crippen molar-refractivity contribution in [2.24, 2.45) is 4.99 Å². The van der Waals surface area contributed by atoms with E-state index in [-0.39, 0.29) is 17.7 Å². The van der Waals surface area contributed by atoms with Gasteiger partial charge < -0.3 is 24.1 Å². The second kappa shape index (κ2) is 11.3. The van der Waals surface area contributed by atoms with Gasteiger partial charge in [-0.1, -0.05) is 23.5 Å². The molecule has 0 bridgehead atoms. The third-order valence-corrected chi connectivity index (χ3v) is 6.78. The van der Waals surface area contributed by atoms with E-state index in [1.54, 1.807) is 62.4 Å². The van der Waals surface area contributed by atoms with Crippen molar-refractivity contribution in [2.75, 3.05) is 27.4 Å². The number of carbonyl (C=O) groups is 2. The van der Waals surface area contributed by atoms with E-state index in [2.05, 4.69) is 4.99 Å². The van der Waals surface area contributed by atoms with Crippen LogP contribution in [0.4, 0.5) is 0 Å². The highest BCUT2D eigenvalue weighted by atomic mass is 32.1. The predicted molar refractivity (Wildman–Crippen MR) is 140 cm³/mol. The minimum atomic E-state index is -1.07. The van der Waals surface area contributed by atoms with Crippen LogP contribution in [0.5, 0.6) is 17.2 Å². The number of nitrogens with zero attached hydrogens (tertiary/aromatic N) is 2. The number of benzene rings is 2. The molecule has 0 radical (unpaired) electrons. The van der Waals surface area contributed by atoms with Crippen molar-refractivity contribution in [3.05, 3.63) is 84.5 Å². The van der Waals surface area contributed by atoms with Crippen LogP contribution in [-0.2, 0) is 14.3 Å². The second-order valence-corrected chi connectivity index (χ2v) is 9.17. The minimum Gasteiger partial charge on any atom is -0.497 e. The minimum absolute atomic E-state index is 0.165. The van der Waals surface area contributed by atoms with Crippen LogP contribution in [0.25, 0.3) is 6.08 Å². The molecular formula is C27H26N2O8S. The zero-order valence-corrected chi connectivity index (χ0v) is 22.0. The lowest BCUT2D eigenvalue weighted by atomic mass is 9.95. The first-order chi connectivity index (χ1) is 18.3. The van der Waals surface area contributed by atoms with Gasteiger partial charge in [-0.3, -0.25) is 9.36 Å². The number of fused-ring (bicyclic) bond motifs is 1. The fraction of sp³-hybridized carbons (Fsp3) is 0.259. The number of thiazole rings is 1. The van der Waals surface area contributed by atoms with Crippen LogP contribution in [0.15, 0.2) is 63.5 Å². The first kappa shape index (κ1) is 26.7. The Bertz CT molecular complexity index is 1580. The number of carboxylic acid groups (broad SMARTS) is 1. The normalized spacial score (nSPS) is 14.9. The van der Waals surface area contributed by atoms with Gasteiger partial charge >= 0.3 is 11.9 Å². The smallest absolute Gasteiger partial charge is 0.341 e. The van der Waals surface area contributed by atoms with E-state index in [0.29, 0.717) is 43.4 Å². The number of methoxy groups -OCH3 is 2. The molecule has 1 aromatic heterocycles. The molecule has 10 nitrogen and oxygen atoms in total. The molecule has 0 fully saturated rings. The Morgan fingerprint density at radius 3 is 2.45 bits per heavy atom. The van der Waals surface area contributed by atoms with Gasteiger partial charge in [-0.15, -0.1) is 0 Å². The lowest BCUT2D eigenvalue weighted by Gasteiger charge is -2.26. The molecule has 38 heavy (non-hydrogen) atoms. The van der Waals surface area contributed by atoms with E-state index in [9.17, 15) is 14.4 Å². The summed E-state index contributed by atoms with van der Waals surface area (Å²) in [6.07, 6.45) is 1.70. The number of carbonyl (C=O) groups excluding carboxylic acids is 1. The first-order valence-corrected chi connectivity index (χ1v) is 12.4. The van der Waals surface area contributed by atoms with Crippen molar-refractivity contribution < 1.29 is 33.6 Å². The summed E-state index contributed by atoms with van der Waals surface area (Å²) in [6.45, 7) is 3.14. The number of carboxylic acids is 1. The van der Waals surface area contributed by atoms with Gasteiger partial charge in [0.2, 0.25) is 0 Å². The molecule has 4 rings (SSSR count). The summed E-state index contributed by atoms with van der Waals surface area (Å²) in [6, 6.07) is 11.0. The molecule has 0 saturated heterocycles. The van der Waals surface area contributed by atoms with Gasteiger partial charge in [-0.2, -0.15) is 0 Å². The monoisotopic (exact) mass is 538 g/mol. The molecule has 1 N–H and O–H groups in total. The third-order valence-electron chi connectivity index (χ3n) is 5.79. The molecular weight excluding hydrogens is 512 g/mol. The number of hydrogen-bond donors (Lipinski definition) is 1. The van der Waals surface area contributed by atoms with E-state index in [1.165, 1.54) is 30.1 Å². The lowest BCUT2D eigenvalue weighted by Crippen LogP contribution is -2.40. The topological polar surface area (TPSA) is 126 Å². The summed E-state index contributed by atoms with van der Waals surface area (Å²) in [4.78, 5) is 42.6. The highest BCUT2D eigenvalue weighted by Crippen LogP contribution is 2.37. The van der Waals surface area contributed by atoms with Crippen LogP contribution in [0.2, 0.25) is 0 Å². The van der Waals surface area contributed by atoms with Crippen LogP contribution in [0, 0.1) is 0 Å². The summed E-state index contributed by atoms with van der Waals surface area (Å²) in [7, 11) is 3.04. The van der Waals surface area contributed by atoms with Gasteiger partial charge in [-0.05, 0) is 49.8 Å². The maximum absolute atomic E-state index is 13.8. The Labute approximate surface area is 221 Å². The number of aliphatic carboxylic acids is 1. The number of esters is 1. The van der Waals surface area contributed by atoms with E-state index in [0.717, 1.165) is 0 Å². The van der Waals surface area contributed by atoms with Gasteiger partial charge in [0.25, 0.3) is 5.56 Å². The van der Waals surface area contributed by atoms with E-state index >= 15 is 0 Å². The van der Waals surface area contributed by atoms with Gasteiger partial charge in [0.1, 0.15) is 23.3 Å². The number of hydrogen-bond acceptors (Lipinski definition) is 9. The standard InChI is InChI=1S/C27H26N2O8S/c1-5-36-26(33)23-15(2)28-27-29(24(23)19-11-10-18(34-3)13-20(19)35-4)25(32)21(38-27)12-16-6-8-17(9-7-16)37-14-22(30)31/h6-13,24H,5,14H2,1-4H3,(H,30,31)/b21-12-/t24-/m1/s1. The van der Waals surface area contributed by atoms with Crippen molar-refractivity contribution in [1.82, 2.24) is 4.57 Å². The number of allylic oxidation sites excluding steroid dienone is 1. The molecule has 1 atom stereocenters. The van der Waals surface area contributed by atoms with Crippen molar-refractivity contribution in [3.8, 4) is 17.2 Å². The molecule has 0 spiro atoms. The van der Waals surface area contributed by atoms with Crippen LogP contribution in [-0.4, -0.2) is 49.0 Å². The van der Waals surface area contributed by atoms with Crippen molar-refractivity contribution in [1.29, 1.82) is 0 Å². The highest BCUT2D eigenvalue weighted by Gasteiger charge is 2.35. The first-order valence-electron chi connectivity index (χ1n) is 11.6. The Morgan fingerprint density at radius 1 is 1.11 bits per heavy atom. The molecule has 0 saturated carbocycles. The Balaban J connectivity index is 1.86. The lowest BCUT2D eigenvalue weighted by molar-refractivity contribution is -0.140. The summed E-state index contributed by atoms with van der Waals surface area (Å²) in [5.41, 5.74) is 1.64. The summed E-state index contributed by atoms with van der Waals surface area (Å²) in [5, 5.41) is 8.78. The van der Waals surface area contributed by atoms with Crippen molar-refractivity contribution >= 4 is 29.4 Å². The molecule has 198 valence electrons. The second-order valence-electron chi connectivity index (χ2n) is 8.16. The van der Waals surface area contributed by atoms with E-state index in [1.807, 2.05) is 0 Å². The van der Waals surface area contributed by atoms with Gasteiger partial charge in [-0.25, -0.2) is 14.6 Å². The molecule has 2 aromatic carbocycles. The van der Waals surface area contributed by atoms with Crippen LogP contribution >= 0.6 is 11.3 Å². The summed E-state index contributed by atoms with van der Waals surface area (Å²) in [5.74, 6) is -0.240. The van der Waals surface area contributed by atoms with Crippen LogP contribution < -0.4 is 29.1 Å². The van der Waals surface area contributed by atoms with Crippen LogP contribution in [0.3, 0.4) is 0 Å². The largest absolute Gasteiger partial charge is 0.497 e. The maximum atomic E-state index is 13.8. The Morgan fingerprint density at radius 2 is 1.82 bits per heavy atom.